The van der Waals surface area contributed by atoms with Crippen LogP contribution in [0.15, 0.2) is 23.1 Å². The van der Waals surface area contributed by atoms with Gasteiger partial charge in [-0.25, -0.2) is 18.1 Å². The lowest BCUT2D eigenvalue weighted by Gasteiger charge is -2.26. The Morgan fingerprint density at radius 1 is 1.15 bits per heavy atom. The number of amides is 1. The molecule has 1 amide bonds. The minimum absolute atomic E-state index is 0.0155. The molecule has 34 heavy (non-hydrogen) atoms. The van der Waals surface area contributed by atoms with Gasteiger partial charge in [0.15, 0.2) is 5.13 Å². The normalized spacial score (nSPS) is 21.6. The number of thiazole rings is 1. The zero-order chi connectivity index (χ0) is 24.3. The van der Waals surface area contributed by atoms with Gasteiger partial charge in [-0.1, -0.05) is 49.2 Å². The van der Waals surface area contributed by atoms with E-state index in [4.69, 9.17) is 0 Å². The van der Waals surface area contributed by atoms with Crippen LogP contribution in [0.5, 0.6) is 0 Å². The molecule has 2 aliphatic carbocycles. The van der Waals surface area contributed by atoms with Crippen LogP contribution in [0.25, 0.3) is 10.4 Å². The fourth-order valence-electron chi connectivity index (χ4n) is 5.12. The summed E-state index contributed by atoms with van der Waals surface area (Å²) in [6.07, 6.45) is 8.66. The van der Waals surface area contributed by atoms with Crippen LogP contribution in [0.4, 0.5) is 5.13 Å². The zero-order valence-corrected chi connectivity index (χ0v) is 21.6. The van der Waals surface area contributed by atoms with E-state index in [2.05, 4.69) is 15.0 Å². The molecule has 0 saturated heterocycles. The Labute approximate surface area is 206 Å². The van der Waals surface area contributed by atoms with E-state index in [9.17, 15) is 18.3 Å². The number of carbonyl (C=O) groups excluding carboxylic acids is 1. The van der Waals surface area contributed by atoms with E-state index >= 15 is 0 Å². The maximum Gasteiger partial charge on any atom is 0.241 e. The lowest BCUT2D eigenvalue weighted by molar-refractivity contribution is -0.116. The highest BCUT2D eigenvalue weighted by molar-refractivity contribution is 7.89. The molecule has 1 aromatic carbocycles. The first-order valence-corrected chi connectivity index (χ1v) is 14.6. The Kier molecular flexibility index (Phi) is 8.07. The van der Waals surface area contributed by atoms with E-state index in [-0.39, 0.29) is 16.8 Å². The van der Waals surface area contributed by atoms with Gasteiger partial charge in [-0.05, 0) is 69.1 Å². The second-order valence-corrected chi connectivity index (χ2v) is 12.5. The van der Waals surface area contributed by atoms with Gasteiger partial charge < -0.3 is 10.4 Å². The largest absolute Gasteiger partial charge is 0.393 e. The molecule has 1 unspecified atom stereocenters. The molecule has 0 bridgehead atoms. The summed E-state index contributed by atoms with van der Waals surface area (Å²) in [5.74, 6) is 0.649. The number of rotatable bonds is 8. The summed E-state index contributed by atoms with van der Waals surface area (Å²) < 4.78 is 29.1. The highest BCUT2D eigenvalue weighted by Gasteiger charge is 2.27. The maximum absolute atomic E-state index is 13.2. The summed E-state index contributed by atoms with van der Waals surface area (Å²) in [6, 6.07) is 5.13. The third-order valence-electron chi connectivity index (χ3n) is 7.01. The first kappa shape index (κ1) is 25.3. The van der Waals surface area contributed by atoms with Crippen molar-refractivity contribution in [2.24, 2.45) is 5.92 Å². The van der Waals surface area contributed by atoms with E-state index in [1.807, 2.05) is 13.0 Å². The lowest BCUT2D eigenvalue weighted by Crippen LogP contribution is -2.39. The quantitative estimate of drug-likeness (QED) is 0.472. The Hall–Kier alpha value is -1.81. The number of hydrogen-bond donors (Lipinski definition) is 3. The number of nitrogens with zero attached hydrogens (tertiary/aromatic N) is 1. The number of aromatic nitrogens is 1. The fraction of sp³-hybridized carbons (Fsp3) is 0.600. The van der Waals surface area contributed by atoms with Gasteiger partial charge in [0.05, 0.1) is 21.6 Å². The number of benzene rings is 1. The fourth-order valence-corrected chi connectivity index (χ4v) is 7.65. The van der Waals surface area contributed by atoms with Crippen LogP contribution < -0.4 is 10.0 Å². The number of aliphatic hydroxyl groups is 1. The standard InChI is InChI=1S/C25H35N3O4S2/c1-16-10-12-19(14-22(16)34(31,32)28-20-8-5-9-21(29)15-20)24-17(2)26-25(33-24)27-23(30)13-11-18-6-3-4-7-18/h10,12,14,18,20-21,28-29H,3-9,11,13,15H2,1-2H3,(H,26,27,30)/t20?,21-/m1/s1. The smallest absolute Gasteiger partial charge is 0.241 e. The number of carbonyl (C=O) groups is 1. The van der Waals surface area contributed by atoms with Crippen LogP contribution in [0.2, 0.25) is 0 Å². The molecular formula is C25H35N3O4S2. The summed E-state index contributed by atoms with van der Waals surface area (Å²) >= 11 is 1.37. The van der Waals surface area contributed by atoms with E-state index in [1.54, 1.807) is 19.1 Å². The maximum atomic E-state index is 13.2. The predicted octanol–water partition coefficient (Wildman–Crippen LogP) is 4.92. The van der Waals surface area contributed by atoms with E-state index in [0.29, 0.717) is 29.5 Å². The molecule has 1 heterocycles. The minimum atomic E-state index is -3.73. The molecule has 2 atom stereocenters. The van der Waals surface area contributed by atoms with Crippen LogP contribution >= 0.6 is 11.3 Å². The van der Waals surface area contributed by atoms with Crippen molar-refractivity contribution in [3.8, 4) is 10.4 Å². The molecule has 2 aromatic rings. The molecule has 0 aliphatic heterocycles. The SMILES string of the molecule is Cc1ccc(-c2sc(NC(=O)CCC3CCCC3)nc2C)cc1S(=O)(=O)NC1CCC[C@@H](O)C1. The third-order valence-corrected chi connectivity index (χ3v) is 9.79. The molecule has 4 rings (SSSR count). The first-order chi connectivity index (χ1) is 16.2. The van der Waals surface area contributed by atoms with Gasteiger partial charge in [0.2, 0.25) is 15.9 Å². The Bertz CT molecular complexity index is 1120. The molecule has 2 saturated carbocycles. The summed E-state index contributed by atoms with van der Waals surface area (Å²) in [5.41, 5.74) is 2.18. The highest BCUT2D eigenvalue weighted by atomic mass is 32.2. The molecule has 0 spiro atoms. The number of nitrogens with one attached hydrogen (secondary N) is 2. The third kappa shape index (κ3) is 6.24. The van der Waals surface area contributed by atoms with Gasteiger partial charge in [-0.3, -0.25) is 4.79 Å². The average Bonchev–Trinajstić information content (AvgIpc) is 3.42. The Balaban J connectivity index is 1.47. The van der Waals surface area contributed by atoms with Crippen molar-refractivity contribution in [1.29, 1.82) is 0 Å². The average molecular weight is 506 g/mol. The molecule has 1 aromatic heterocycles. The Morgan fingerprint density at radius 2 is 1.91 bits per heavy atom. The molecular weight excluding hydrogens is 470 g/mol. The first-order valence-electron chi connectivity index (χ1n) is 12.3. The second kappa shape index (κ2) is 10.8. The molecule has 0 radical (unpaired) electrons. The summed E-state index contributed by atoms with van der Waals surface area (Å²) in [6.45, 7) is 3.65. The number of aryl methyl sites for hydroxylation is 2. The van der Waals surface area contributed by atoms with Gasteiger partial charge in [-0.2, -0.15) is 0 Å². The number of hydrogen-bond acceptors (Lipinski definition) is 6. The van der Waals surface area contributed by atoms with Crippen LogP contribution in [-0.4, -0.2) is 36.6 Å². The van der Waals surface area contributed by atoms with Crippen molar-refractivity contribution in [2.75, 3.05) is 5.32 Å². The molecule has 2 fully saturated rings. The molecule has 186 valence electrons. The van der Waals surface area contributed by atoms with Crippen molar-refractivity contribution in [2.45, 2.75) is 95.1 Å². The van der Waals surface area contributed by atoms with Crippen molar-refractivity contribution < 1.29 is 18.3 Å². The molecule has 7 nitrogen and oxygen atoms in total. The molecule has 2 aliphatic rings. The lowest BCUT2D eigenvalue weighted by atomic mass is 9.94. The number of aliphatic hydroxyl groups excluding tert-OH is 1. The predicted molar refractivity (Wildman–Crippen MR) is 135 cm³/mol. The minimum Gasteiger partial charge on any atom is -0.393 e. The summed E-state index contributed by atoms with van der Waals surface area (Å²) in [4.78, 5) is 18.0. The summed E-state index contributed by atoms with van der Waals surface area (Å²) in [5, 5.41) is 13.4. The highest BCUT2D eigenvalue weighted by Crippen LogP contribution is 2.35. The van der Waals surface area contributed by atoms with Crippen LogP contribution in [0, 0.1) is 19.8 Å². The Morgan fingerprint density at radius 3 is 2.65 bits per heavy atom. The van der Waals surface area contributed by atoms with E-state index < -0.39 is 16.1 Å². The second-order valence-electron chi connectivity index (χ2n) is 9.79. The van der Waals surface area contributed by atoms with Crippen molar-refractivity contribution in [3.63, 3.8) is 0 Å². The topological polar surface area (TPSA) is 108 Å². The number of sulfonamides is 1. The monoisotopic (exact) mass is 505 g/mol. The van der Waals surface area contributed by atoms with Crippen LogP contribution in [0.3, 0.4) is 0 Å². The molecule has 9 heteroatoms. The van der Waals surface area contributed by atoms with Gasteiger partial charge in [0.1, 0.15) is 0 Å². The van der Waals surface area contributed by atoms with E-state index in [0.717, 1.165) is 41.8 Å². The van der Waals surface area contributed by atoms with E-state index in [1.165, 1.54) is 37.0 Å². The zero-order valence-electron chi connectivity index (χ0n) is 20.0. The van der Waals surface area contributed by atoms with Crippen molar-refractivity contribution in [1.82, 2.24) is 9.71 Å². The van der Waals surface area contributed by atoms with Crippen molar-refractivity contribution in [3.05, 3.63) is 29.5 Å². The van der Waals surface area contributed by atoms with Crippen molar-refractivity contribution >= 4 is 32.4 Å². The molecule has 3 N–H and O–H groups in total. The van der Waals surface area contributed by atoms with Gasteiger partial charge in [-0.15, -0.1) is 0 Å². The van der Waals surface area contributed by atoms with Crippen LogP contribution in [-0.2, 0) is 14.8 Å². The van der Waals surface area contributed by atoms with Crippen LogP contribution in [0.1, 0.15) is 75.5 Å². The number of anilines is 1. The summed E-state index contributed by atoms with van der Waals surface area (Å²) in [7, 11) is -3.73. The van der Waals surface area contributed by atoms with Gasteiger partial charge >= 0.3 is 0 Å². The van der Waals surface area contributed by atoms with Gasteiger partial charge in [0, 0.05) is 12.5 Å². The van der Waals surface area contributed by atoms with Gasteiger partial charge in [0.25, 0.3) is 0 Å².